The first-order valence-corrected chi connectivity index (χ1v) is 11.0. The third-order valence-corrected chi connectivity index (χ3v) is 6.15. The van der Waals surface area contributed by atoms with E-state index in [0.717, 1.165) is 55.8 Å². The number of nitrogens with zero attached hydrogens (tertiary/aromatic N) is 6. The van der Waals surface area contributed by atoms with Gasteiger partial charge < -0.3 is 4.90 Å². The number of piperidine rings is 1. The summed E-state index contributed by atoms with van der Waals surface area (Å²) in [6.45, 7) is 8.08. The molecule has 7 heteroatoms. The molecule has 0 radical (unpaired) electrons. The molecule has 31 heavy (non-hydrogen) atoms. The fourth-order valence-electron chi connectivity index (χ4n) is 4.39. The summed E-state index contributed by atoms with van der Waals surface area (Å²) in [6, 6.07) is 6.63. The number of rotatable bonds is 6. The second-order valence-electron chi connectivity index (χ2n) is 8.52. The van der Waals surface area contributed by atoms with Gasteiger partial charge in [0.15, 0.2) is 0 Å². The molecular formula is C24H31FN6. The molecule has 3 heterocycles. The van der Waals surface area contributed by atoms with Crippen molar-refractivity contribution in [2.24, 2.45) is 0 Å². The predicted octanol–water partition coefficient (Wildman–Crippen LogP) is 4.25. The van der Waals surface area contributed by atoms with Gasteiger partial charge in [-0.2, -0.15) is 5.10 Å². The van der Waals surface area contributed by atoms with Gasteiger partial charge in [0.25, 0.3) is 0 Å². The Morgan fingerprint density at radius 1 is 1.16 bits per heavy atom. The first-order valence-electron chi connectivity index (χ1n) is 11.0. The van der Waals surface area contributed by atoms with Crippen LogP contribution in [-0.2, 0) is 13.1 Å². The molecule has 1 atom stereocenters. The Labute approximate surface area is 183 Å². The number of anilines is 1. The summed E-state index contributed by atoms with van der Waals surface area (Å²) < 4.78 is 15.5. The number of aromatic nitrogens is 4. The molecule has 1 unspecified atom stereocenters. The van der Waals surface area contributed by atoms with Gasteiger partial charge in [-0.1, -0.05) is 12.1 Å². The first kappa shape index (κ1) is 21.4. The molecule has 164 valence electrons. The summed E-state index contributed by atoms with van der Waals surface area (Å²) in [4.78, 5) is 13.9. The predicted molar refractivity (Wildman–Crippen MR) is 122 cm³/mol. The van der Waals surface area contributed by atoms with E-state index in [4.69, 9.17) is 4.98 Å². The lowest BCUT2D eigenvalue weighted by Gasteiger charge is -2.33. The molecule has 1 saturated heterocycles. The molecule has 1 aromatic carbocycles. The van der Waals surface area contributed by atoms with E-state index in [2.05, 4.69) is 33.5 Å². The zero-order valence-electron chi connectivity index (χ0n) is 18.8. The van der Waals surface area contributed by atoms with Crippen molar-refractivity contribution in [2.75, 3.05) is 32.1 Å². The molecule has 0 N–H and O–H groups in total. The van der Waals surface area contributed by atoms with Crippen molar-refractivity contribution in [3.63, 3.8) is 0 Å². The van der Waals surface area contributed by atoms with Crippen LogP contribution in [0.2, 0.25) is 0 Å². The van der Waals surface area contributed by atoms with Crippen LogP contribution in [0.5, 0.6) is 0 Å². The molecule has 3 aromatic rings. The number of aryl methyl sites for hydroxylation is 1. The highest BCUT2D eigenvalue weighted by molar-refractivity contribution is 5.66. The highest BCUT2D eigenvalue weighted by atomic mass is 19.1. The van der Waals surface area contributed by atoms with Crippen LogP contribution in [0, 0.1) is 12.7 Å². The first-order chi connectivity index (χ1) is 15.0. The van der Waals surface area contributed by atoms with Crippen molar-refractivity contribution in [1.29, 1.82) is 0 Å². The normalized spacial score (nSPS) is 17.1. The molecule has 4 rings (SSSR count). The Morgan fingerprint density at radius 3 is 2.61 bits per heavy atom. The highest BCUT2D eigenvalue weighted by Crippen LogP contribution is 2.34. The summed E-state index contributed by atoms with van der Waals surface area (Å²) in [7, 11) is 3.91. The van der Waals surface area contributed by atoms with Crippen LogP contribution in [-0.4, -0.2) is 51.8 Å². The van der Waals surface area contributed by atoms with E-state index in [-0.39, 0.29) is 5.82 Å². The van der Waals surface area contributed by atoms with Crippen molar-refractivity contribution in [1.82, 2.24) is 24.6 Å². The van der Waals surface area contributed by atoms with Crippen LogP contribution >= 0.6 is 0 Å². The molecule has 1 fully saturated rings. The average Bonchev–Trinajstić information content (AvgIpc) is 3.13. The maximum absolute atomic E-state index is 13.5. The fraction of sp³-hybridized carbons (Fsp3) is 0.458. The number of hydrogen-bond donors (Lipinski definition) is 0. The van der Waals surface area contributed by atoms with Crippen LogP contribution in [0.15, 0.2) is 36.7 Å². The van der Waals surface area contributed by atoms with Crippen LogP contribution < -0.4 is 4.90 Å². The Balaban J connectivity index is 1.62. The van der Waals surface area contributed by atoms with E-state index in [9.17, 15) is 4.39 Å². The molecule has 6 nitrogen and oxygen atoms in total. The second-order valence-corrected chi connectivity index (χ2v) is 8.52. The minimum atomic E-state index is -0.233. The summed E-state index contributed by atoms with van der Waals surface area (Å²) in [6.07, 6.45) is 6.10. The van der Waals surface area contributed by atoms with Crippen LogP contribution in [0.4, 0.5) is 10.3 Å². The quantitative estimate of drug-likeness (QED) is 0.594. The van der Waals surface area contributed by atoms with Crippen LogP contribution in [0.25, 0.3) is 11.1 Å². The summed E-state index contributed by atoms with van der Waals surface area (Å²) >= 11 is 0. The zero-order chi connectivity index (χ0) is 22.0. The third kappa shape index (κ3) is 4.61. The maximum atomic E-state index is 13.5. The lowest BCUT2D eigenvalue weighted by Crippen LogP contribution is -2.34. The largest absolute Gasteiger partial charge is 0.347 e. The highest BCUT2D eigenvalue weighted by Gasteiger charge is 2.26. The number of benzene rings is 1. The van der Waals surface area contributed by atoms with Crippen molar-refractivity contribution < 1.29 is 4.39 Å². The van der Waals surface area contributed by atoms with E-state index in [1.165, 1.54) is 23.4 Å². The summed E-state index contributed by atoms with van der Waals surface area (Å²) in [5, 5.41) is 4.50. The lowest BCUT2D eigenvalue weighted by molar-refractivity contribution is 0.198. The average molecular weight is 423 g/mol. The Kier molecular flexibility index (Phi) is 6.32. The van der Waals surface area contributed by atoms with Crippen LogP contribution in [0.1, 0.15) is 42.6 Å². The van der Waals surface area contributed by atoms with Gasteiger partial charge in [0.05, 0.1) is 11.9 Å². The van der Waals surface area contributed by atoms with E-state index in [1.54, 1.807) is 0 Å². The van der Waals surface area contributed by atoms with Gasteiger partial charge in [-0.25, -0.2) is 14.4 Å². The number of hydrogen-bond acceptors (Lipinski definition) is 5. The van der Waals surface area contributed by atoms with Gasteiger partial charge in [-0.3, -0.25) is 9.58 Å². The van der Waals surface area contributed by atoms with Crippen molar-refractivity contribution in [3.05, 3.63) is 59.4 Å². The molecular weight excluding hydrogens is 391 g/mol. The lowest BCUT2D eigenvalue weighted by atomic mass is 9.89. The SMILES string of the molecule is CCn1ncc(CN2CCCC(c3nc(N(C)C)ncc3-c3ccc(F)cc3)C2)c1C. The Morgan fingerprint density at radius 2 is 1.94 bits per heavy atom. The van der Waals surface area contributed by atoms with E-state index < -0.39 is 0 Å². The fourth-order valence-corrected chi connectivity index (χ4v) is 4.39. The monoisotopic (exact) mass is 422 g/mol. The number of halogens is 1. The smallest absolute Gasteiger partial charge is 0.225 e. The van der Waals surface area contributed by atoms with Gasteiger partial charge in [-0.15, -0.1) is 0 Å². The molecule has 1 aliphatic rings. The maximum Gasteiger partial charge on any atom is 0.225 e. The summed E-state index contributed by atoms with van der Waals surface area (Å²) in [5.74, 6) is 0.776. The van der Waals surface area contributed by atoms with E-state index in [0.29, 0.717) is 11.9 Å². The molecule has 0 amide bonds. The molecule has 0 bridgehead atoms. The zero-order valence-corrected chi connectivity index (χ0v) is 18.8. The van der Waals surface area contributed by atoms with Crippen molar-refractivity contribution in [2.45, 2.75) is 45.7 Å². The van der Waals surface area contributed by atoms with Gasteiger partial charge in [-0.05, 0) is 50.9 Å². The molecule has 2 aromatic heterocycles. The second kappa shape index (κ2) is 9.14. The summed E-state index contributed by atoms with van der Waals surface area (Å²) in [5.41, 5.74) is 5.54. The van der Waals surface area contributed by atoms with Gasteiger partial charge >= 0.3 is 0 Å². The Hall–Kier alpha value is -2.80. The van der Waals surface area contributed by atoms with E-state index in [1.807, 2.05) is 43.5 Å². The minimum absolute atomic E-state index is 0.233. The van der Waals surface area contributed by atoms with Crippen LogP contribution in [0.3, 0.4) is 0 Å². The third-order valence-electron chi connectivity index (χ3n) is 6.15. The number of likely N-dealkylation sites (tertiary alicyclic amines) is 1. The van der Waals surface area contributed by atoms with Crippen molar-refractivity contribution >= 4 is 5.95 Å². The van der Waals surface area contributed by atoms with Gasteiger partial charge in [0.2, 0.25) is 5.95 Å². The molecule has 1 aliphatic heterocycles. The Bertz CT molecular complexity index is 1030. The van der Waals surface area contributed by atoms with E-state index >= 15 is 0 Å². The standard InChI is InChI=1S/C24H31FN6/c1-5-31-17(2)20(13-27-31)16-30-12-6-7-19(15-30)23-22(14-26-24(28-23)29(3)4)18-8-10-21(25)11-9-18/h8-11,13-14,19H,5-7,12,15-16H2,1-4H3. The molecule has 0 saturated carbocycles. The van der Waals surface area contributed by atoms with Gasteiger partial charge in [0, 0.05) is 62.7 Å². The van der Waals surface area contributed by atoms with Gasteiger partial charge in [0.1, 0.15) is 5.82 Å². The minimum Gasteiger partial charge on any atom is -0.347 e. The molecule has 0 spiro atoms. The molecule has 0 aliphatic carbocycles. The topological polar surface area (TPSA) is 50.1 Å². The van der Waals surface area contributed by atoms with Crippen molar-refractivity contribution in [3.8, 4) is 11.1 Å².